The second kappa shape index (κ2) is 3.70. The van der Waals surface area contributed by atoms with Gasteiger partial charge >= 0.3 is 0 Å². The summed E-state index contributed by atoms with van der Waals surface area (Å²) in [5.74, 6) is 0.779. The molecule has 17 heavy (non-hydrogen) atoms. The Morgan fingerprint density at radius 1 is 1.06 bits per heavy atom. The number of benzene rings is 1. The Morgan fingerprint density at radius 3 is 2.59 bits per heavy atom. The van der Waals surface area contributed by atoms with E-state index in [0.29, 0.717) is 0 Å². The molecule has 0 aliphatic heterocycles. The van der Waals surface area contributed by atoms with Crippen LogP contribution in [0.1, 0.15) is 5.56 Å². The molecule has 2 heterocycles. The first-order valence-corrected chi connectivity index (χ1v) is 5.58. The summed E-state index contributed by atoms with van der Waals surface area (Å²) in [6.45, 7) is 1.99. The zero-order chi connectivity index (χ0) is 11.8. The Balaban J connectivity index is 2.14. The summed E-state index contributed by atoms with van der Waals surface area (Å²) in [7, 11) is 2.05. The van der Waals surface area contributed by atoms with E-state index < -0.39 is 0 Å². The third-order valence-corrected chi connectivity index (χ3v) is 2.92. The molecule has 84 valence electrons. The zero-order valence-electron chi connectivity index (χ0n) is 9.88. The molecule has 1 aromatic carbocycles. The molecule has 0 amide bonds. The maximum absolute atomic E-state index is 4.34. The van der Waals surface area contributed by atoms with Crippen molar-refractivity contribution < 1.29 is 0 Å². The van der Waals surface area contributed by atoms with Gasteiger partial charge in [0.25, 0.3) is 0 Å². The maximum Gasteiger partial charge on any atom is 0.159 e. The van der Waals surface area contributed by atoms with Gasteiger partial charge in [0.1, 0.15) is 0 Å². The maximum atomic E-state index is 4.34. The van der Waals surface area contributed by atoms with Crippen LogP contribution in [-0.4, -0.2) is 14.5 Å². The normalized spacial score (nSPS) is 10.9. The molecule has 3 aromatic rings. The molecular formula is C14H13N3. The quantitative estimate of drug-likeness (QED) is 0.635. The minimum atomic E-state index is 0.779. The molecule has 0 radical (unpaired) electrons. The molecule has 0 atom stereocenters. The van der Waals surface area contributed by atoms with E-state index in [2.05, 4.69) is 45.0 Å². The first kappa shape index (κ1) is 10.0. The van der Waals surface area contributed by atoms with Crippen molar-refractivity contribution in [3.63, 3.8) is 0 Å². The van der Waals surface area contributed by atoms with Crippen LogP contribution in [0.3, 0.4) is 0 Å². The van der Waals surface area contributed by atoms with Gasteiger partial charge in [-0.15, -0.1) is 0 Å². The van der Waals surface area contributed by atoms with Gasteiger partial charge in [-0.2, -0.15) is 0 Å². The van der Waals surface area contributed by atoms with Crippen molar-refractivity contribution in [1.29, 1.82) is 0 Å². The minimum Gasteiger partial charge on any atom is -0.351 e. The second-order valence-electron chi connectivity index (χ2n) is 4.28. The van der Waals surface area contributed by atoms with Gasteiger partial charge in [0.05, 0.1) is 0 Å². The molecule has 0 N–H and O–H groups in total. The van der Waals surface area contributed by atoms with Crippen LogP contribution in [0.5, 0.6) is 0 Å². The molecule has 3 heteroatoms. The standard InChI is InChI=1S/C14H13N3/c1-10-8-15-14(16-9-10)12-3-4-13-11(7-12)5-6-17(13)2/h3-9H,1-2H3. The molecule has 0 fully saturated rings. The monoisotopic (exact) mass is 223 g/mol. The topological polar surface area (TPSA) is 30.7 Å². The van der Waals surface area contributed by atoms with Gasteiger partial charge in [-0.05, 0) is 36.8 Å². The fourth-order valence-corrected chi connectivity index (χ4v) is 1.96. The lowest BCUT2D eigenvalue weighted by molar-refractivity contribution is 0.969. The zero-order valence-corrected chi connectivity index (χ0v) is 9.88. The first-order valence-electron chi connectivity index (χ1n) is 5.58. The molecule has 2 aromatic heterocycles. The Kier molecular flexibility index (Phi) is 2.18. The third kappa shape index (κ3) is 1.69. The van der Waals surface area contributed by atoms with Gasteiger partial charge in [-0.1, -0.05) is 0 Å². The van der Waals surface area contributed by atoms with E-state index in [1.165, 1.54) is 10.9 Å². The van der Waals surface area contributed by atoms with E-state index in [9.17, 15) is 0 Å². The van der Waals surface area contributed by atoms with Crippen LogP contribution in [-0.2, 0) is 7.05 Å². The molecule has 0 saturated heterocycles. The van der Waals surface area contributed by atoms with Crippen molar-refractivity contribution in [3.8, 4) is 11.4 Å². The Labute approximate surface area is 99.8 Å². The fraction of sp³-hybridized carbons (Fsp3) is 0.143. The molecule has 0 spiro atoms. The molecule has 3 rings (SSSR count). The summed E-state index contributed by atoms with van der Waals surface area (Å²) in [4.78, 5) is 8.69. The highest BCUT2D eigenvalue weighted by Crippen LogP contribution is 2.22. The Morgan fingerprint density at radius 2 is 1.82 bits per heavy atom. The van der Waals surface area contributed by atoms with Gasteiger partial charge in [-0.3, -0.25) is 0 Å². The number of aryl methyl sites for hydroxylation is 2. The van der Waals surface area contributed by atoms with E-state index in [1.54, 1.807) is 0 Å². The van der Waals surface area contributed by atoms with Crippen LogP contribution in [0.15, 0.2) is 42.9 Å². The lowest BCUT2D eigenvalue weighted by Gasteiger charge is -2.01. The fourth-order valence-electron chi connectivity index (χ4n) is 1.96. The van der Waals surface area contributed by atoms with Crippen LogP contribution in [0.25, 0.3) is 22.3 Å². The lowest BCUT2D eigenvalue weighted by atomic mass is 10.1. The summed E-state index contributed by atoms with van der Waals surface area (Å²) in [6, 6.07) is 8.40. The molecule has 0 saturated carbocycles. The predicted octanol–water partition coefficient (Wildman–Crippen LogP) is 2.94. The van der Waals surface area contributed by atoms with Crippen molar-refractivity contribution in [3.05, 3.63) is 48.4 Å². The number of fused-ring (bicyclic) bond motifs is 1. The van der Waals surface area contributed by atoms with Crippen molar-refractivity contribution in [2.24, 2.45) is 7.05 Å². The number of rotatable bonds is 1. The van der Waals surface area contributed by atoms with Crippen molar-refractivity contribution in [2.45, 2.75) is 6.92 Å². The molecule has 3 nitrogen and oxygen atoms in total. The molecule has 0 aliphatic carbocycles. The number of nitrogens with zero attached hydrogens (tertiary/aromatic N) is 3. The molecular weight excluding hydrogens is 210 g/mol. The summed E-state index contributed by atoms with van der Waals surface area (Å²) in [5, 5.41) is 1.22. The predicted molar refractivity (Wildman–Crippen MR) is 68.7 cm³/mol. The van der Waals surface area contributed by atoms with Crippen LogP contribution in [0.2, 0.25) is 0 Å². The van der Waals surface area contributed by atoms with Crippen LogP contribution >= 0.6 is 0 Å². The molecule has 0 aliphatic rings. The Bertz CT molecular complexity index is 666. The van der Waals surface area contributed by atoms with Gasteiger partial charge in [0.15, 0.2) is 5.82 Å². The van der Waals surface area contributed by atoms with Gasteiger partial charge in [-0.25, -0.2) is 9.97 Å². The highest BCUT2D eigenvalue weighted by molar-refractivity contribution is 5.84. The van der Waals surface area contributed by atoms with Crippen molar-refractivity contribution >= 4 is 10.9 Å². The first-order chi connectivity index (χ1) is 8.24. The van der Waals surface area contributed by atoms with Crippen molar-refractivity contribution in [1.82, 2.24) is 14.5 Å². The van der Waals surface area contributed by atoms with Crippen LogP contribution in [0, 0.1) is 6.92 Å². The number of aromatic nitrogens is 3. The SMILES string of the molecule is Cc1cnc(-c2ccc3c(ccn3C)c2)nc1. The van der Waals surface area contributed by atoms with E-state index in [0.717, 1.165) is 17.0 Å². The van der Waals surface area contributed by atoms with E-state index >= 15 is 0 Å². The Hall–Kier alpha value is -2.16. The summed E-state index contributed by atoms with van der Waals surface area (Å²) < 4.78 is 2.11. The average Bonchev–Trinajstić information content (AvgIpc) is 2.72. The highest BCUT2D eigenvalue weighted by atomic mass is 14.9. The summed E-state index contributed by atoms with van der Waals surface area (Å²) >= 11 is 0. The largest absolute Gasteiger partial charge is 0.351 e. The van der Waals surface area contributed by atoms with Crippen molar-refractivity contribution in [2.75, 3.05) is 0 Å². The van der Waals surface area contributed by atoms with Gasteiger partial charge < -0.3 is 4.57 Å². The number of hydrogen-bond donors (Lipinski definition) is 0. The van der Waals surface area contributed by atoms with E-state index in [-0.39, 0.29) is 0 Å². The molecule has 0 bridgehead atoms. The number of hydrogen-bond acceptors (Lipinski definition) is 2. The summed E-state index contributed by atoms with van der Waals surface area (Å²) in [5.41, 5.74) is 3.36. The summed E-state index contributed by atoms with van der Waals surface area (Å²) in [6.07, 6.45) is 5.75. The van der Waals surface area contributed by atoms with Gasteiger partial charge in [0.2, 0.25) is 0 Å². The van der Waals surface area contributed by atoms with Gasteiger partial charge in [0, 0.05) is 42.1 Å². The lowest BCUT2D eigenvalue weighted by Crippen LogP contribution is -1.89. The smallest absolute Gasteiger partial charge is 0.159 e. The molecule has 0 unspecified atom stereocenters. The average molecular weight is 223 g/mol. The highest BCUT2D eigenvalue weighted by Gasteiger charge is 2.03. The van der Waals surface area contributed by atoms with E-state index in [1.807, 2.05) is 26.4 Å². The third-order valence-electron chi connectivity index (χ3n) is 2.92. The van der Waals surface area contributed by atoms with E-state index in [4.69, 9.17) is 0 Å². The van der Waals surface area contributed by atoms with Crippen LogP contribution < -0.4 is 0 Å². The second-order valence-corrected chi connectivity index (χ2v) is 4.28. The minimum absolute atomic E-state index is 0.779. The van der Waals surface area contributed by atoms with Crippen LogP contribution in [0.4, 0.5) is 0 Å².